The molecule has 3 rings (SSSR count). The smallest absolute Gasteiger partial charge is 0.263 e. The van der Waals surface area contributed by atoms with Crippen LogP contribution in [0.2, 0.25) is 0 Å². The van der Waals surface area contributed by atoms with Crippen LogP contribution >= 0.6 is 0 Å². The molecule has 6 heteroatoms. The number of anilines is 1. The van der Waals surface area contributed by atoms with Crippen LogP contribution in [0.4, 0.5) is 5.82 Å². The summed E-state index contributed by atoms with van der Waals surface area (Å²) in [6.07, 6.45) is 1.68. The number of aryl methyl sites for hydroxylation is 3. The van der Waals surface area contributed by atoms with Crippen molar-refractivity contribution in [1.29, 1.82) is 0 Å². The van der Waals surface area contributed by atoms with E-state index in [2.05, 4.69) is 10.5 Å². The van der Waals surface area contributed by atoms with Crippen molar-refractivity contribution < 1.29 is 9.32 Å². The molecule has 0 aliphatic heterocycles. The number of hydrogen-bond donors (Lipinski definition) is 1. The van der Waals surface area contributed by atoms with Gasteiger partial charge < -0.3 is 14.4 Å². The third-order valence-corrected chi connectivity index (χ3v) is 3.98. The second-order valence-corrected chi connectivity index (χ2v) is 6.06. The SMILES string of the molecule is Cc1ccc(C)c(Cn2cccc(C(=O)Nc3cc(C)on3)c2=O)c1. The molecule has 0 saturated carbocycles. The third kappa shape index (κ3) is 3.68. The molecule has 0 saturated heterocycles. The number of benzene rings is 1. The largest absolute Gasteiger partial charge is 0.360 e. The normalized spacial score (nSPS) is 10.7. The van der Waals surface area contributed by atoms with Crippen molar-refractivity contribution in [3.8, 4) is 0 Å². The second kappa shape index (κ2) is 6.76. The first-order valence-electron chi connectivity index (χ1n) is 7.94. The summed E-state index contributed by atoms with van der Waals surface area (Å²) >= 11 is 0. The molecule has 0 unspecified atom stereocenters. The summed E-state index contributed by atoms with van der Waals surface area (Å²) in [5.41, 5.74) is 3.00. The van der Waals surface area contributed by atoms with Gasteiger partial charge in [-0.2, -0.15) is 0 Å². The van der Waals surface area contributed by atoms with Gasteiger partial charge in [-0.3, -0.25) is 9.59 Å². The molecule has 6 nitrogen and oxygen atoms in total. The maximum absolute atomic E-state index is 12.7. The molecule has 0 atom stereocenters. The van der Waals surface area contributed by atoms with Crippen molar-refractivity contribution in [1.82, 2.24) is 9.72 Å². The first kappa shape index (κ1) is 16.7. The lowest BCUT2D eigenvalue weighted by Gasteiger charge is -2.11. The number of aromatic nitrogens is 2. The number of amides is 1. The zero-order chi connectivity index (χ0) is 18.0. The van der Waals surface area contributed by atoms with Crippen molar-refractivity contribution in [3.63, 3.8) is 0 Å². The summed E-state index contributed by atoms with van der Waals surface area (Å²) in [5.74, 6) is 0.358. The number of hydrogen-bond acceptors (Lipinski definition) is 4. The van der Waals surface area contributed by atoms with E-state index in [0.717, 1.165) is 16.7 Å². The highest BCUT2D eigenvalue weighted by Crippen LogP contribution is 2.12. The Bertz CT molecular complexity index is 986. The van der Waals surface area contributed by atoms with Gasteiger partial charge in [0.05, 0.1) is 6.54 Å². The molecule has 25 heavy (non-hydrogen) atoms. The number of rotatable bonds is 4. The molecule has 0 spiro atoms. The maximum Gasteiger partial charge on any atom is 0.263 e. The Balaban J connectivity index is 1.88. The highest BCUT2D eigenvalue weighted by Gasteiger charge is 2.14. The summed E-state index contributed by atoms with van der Waals surface area (Å²) in [7, 11) is 0. The average molecular weight is 337 g/mol. The Morgan fingerprint density at radius 3 is 2.72 bits per heavy atom. The molecule has 1 N–H and O–H groups in total. The fourth-order valence-corrected chi connectivity index (χ4v) is 2.60. The zero-order valence-corrected chi connectivity index (χ0v) is 14.4. The molecule has 2 aromatic heterocycles. The maximum atomic E-state index is 12.7. The van der Waals surface area contributed by atoms with Crippen molar-refractivity contribution in [2.45, 2.75) is 27.3 Å². The van der Waals surface area contributed by atoms with E-state index in [0.29, 0.717) is 12.3 Å². The van der Waals surface area contributed by atoms with Crippen LogP contribution in [0, 0.1) is 20.8 Å². The van der Waals surface area contributed by atoms with E-state index >= 15 is 0 Å². The van der Waals surface area contributed by atoms with Crippen LogP contribution in [0.25, 0.3) is 0 Å². The van der Waals surface area contributed by atoms with Crippen LogP contribution < -0.4 is 10.9 Å². The first-order valence-corrected chi connectivity index (χ1v) is 7.94. The summed E-state index contributed by atoms with van der Waals surface area (Å²) in [6.45, 7) is 6.15. The predicted octanol–water partition coefficient (Wildman–Crippen LogP) is 3.06. The van der Waals surface area contributed by atoms with Crippen LogP contribution in [-0.4, -0.2) is 15.6 Å². The second-order valence-electron chi connectivity index (χ2n) is 6.06. The quantitative estimate of drug-likeness (QED) is 0.794. The van der Waals surface area contributed by atoms with E-state index in [9.17, 15) is 9.59 Å². The zero-order valence-electron chi connectivity index (χ0n) is 14.4. The molecule has 0 aliphatic carbocycles. The summed E-state index contributed by atoms with van der Waals surface area (Å²) in [5, 5.41) is 6.28. The molecule has 2 heterocycles. The molecular weight excluding hydrogens is 318 g/mol. The lowest BCUT2D eigenvalue weighted by molar-refractivity contribution is 0.102. The number of pyridine rings is 1. The van der Waals surface area contributed by atoms with Gasteiger partial charge in [-0.05, 0) is 44.0 Å². The monoisotopic (exact) mass is 337 g/mol. The van der Waals surface area contributed by atoms with E-state index < -0.39 is 5.91 Å². The van der Waals surface area contributed by atoms with Gasteiger partial charge >= 0.3 is 0 Å². The molecule has 128 valence electrons. The summed E-state index contributed by atoms with van der Waals surface area (Å²) in [4.78, 5) is 25.0. The highest BCUT2D eigenvalue weighted by molar-refractivity contribution is 6.03. The lowest BCUT2D eigenvalue weighted by atomic mass is 10.1. The number of carbonyl (C=O) groups excluding carboxylic acids is 1. The van der Waals surface area contributed by atoms with Crippen molar-refractivity contribution in [2.75, 3.05) is 5.32 Å². The van der Waals surface area contributed by atoms with Gasteiger partial charge in [0, 0.05) is 12.3 Å². The van der Waals surface area contributed by atoms with Gasteiger partial charge in [-0.15, -0.1) is 0 Å². The Morgan fingerprint density at radius 2 is 2.00 bits per heavy atom. The van der Waals surface area contributed by atoms with Crippen LogP contribution in [0.15, 0.2) is 51.9 Å². The van der Waals surface area contributed by atoms with Crippen LogP contribution in [0.1, 0.15) is 32.8 Å². The van der Waals surface area contributed by atoms with Gasteiger partial charge in [0.1, 0.15) is 11.3 Å². The summed E-state index contributed by atoms with van der Waals surface area (Å²) in [6, 6.07) is 10.9. The molecular formula is C19H19N3O3. The molecule has 1 aromatic carbocycles. The van der Waals surface area contributed by atoms with E-state index in [1.54, 1.807) is 25.3 Å². The molecule has 0 fully saturated rings. The first-order chi connectivity index (χ1) is 11.9. The number of carbonyl (C=O) groups is 1. The minimum atomic E-state index is -0.506. The molecule has 0 aliphatic rings. The fraction of sp³-hybridized carbons (Fsp3) is 0.211. The molecule has 3 aromatic rings. The van der Waals surface area contributed by atoms with Gasteiger partial charge in [-0.1, -0.05) is 28.9 Å². The van der Waals surface area contributed by atoms with Gasteiger partial charge in [0.25, 0.3) is 11.5 Å². The van der Waals surface area contributed by atoms with Crippen LogP contribution in [0.3, 0.4) is 0 Å². The van der Waals surface area contributed by atoms with E-state index in [-0.39, 0.29) is 16.9 Å². The molecule has 0 bridgehead atoms. The number of nitrogens with zero attached hydrogens (tertiary/aromatic N) is 2. The predicted molar refractivity (Wildman–Crippen MR) is 94.9 cm³/mol. The van der Waals surface area contributed by atoms with Crippen molar-refractivity contribution in [3.05, 3.63) is 81.0 Å². The third-order valence-electron chi connectivity index (χ3n) is 3.98. The van der Waals surface area contributed by atoms with Crippen LogP contribution in [-0.2, 0) is 6.54 Å². The average Bonchev–Trinajstić information content (AvgIpc) is 2.97. The lowest BCUT2D eigenvalue weighted by Crippen LogP contribution is -2.29. The van der Waals surface area contributed by atoms with E-state index in [1.807, 2.05) is 32.0 Å². The Labute approximate surface area is 145 Å². The van der Waals surface area contributed by atoms with Crippen molar-refractivity contribution in [2.24, 2.45) is 0 Å². The minimum absolute atomic E-state index is 0.0634. The Kier molecular flexibility index (Phi) is 4.52. The molecule has 0 radical (unpaired) electrons. The van der Waals surface area contributed by atoms with E-state index in [4.69, 9.17) is 4.52 Å². The fourth-order valence-electron chi connectivity index (χ4n) is 2.60. The number of nitrogens with one attached hydrogen (secondary N) is 1. The Hall–Kier alpha value is -3.15. The molecule has 1 amide bonds. The topological polar surface area (TPSA) is 77.1 Å². The Morgan fingerprint density at radius 1 is 1.20 bits per heavy atom. The van der Waals surface area contributed by atoms with E-state index in [1.165, 1.54) is 10.6 Å². The standard InChI is InChI=1S/C19H19N3O3/c1-12-6-7-13(2)15(9-12)11-22-8-4-5-16(19(22)24)18(23)20-17-10-14(3)25-21-17/h4-10H,11H2,1-3H3,(H,20,21,23). The van der Waals surface area contributed by atoms with Crippen LogP contribution in [0.5, 0.6) is 0 Å². The highest BCUT2D eigenvalue weighted by atomic mass is 16.5. The summed E-state index contributed by atoms with van der Waals surface area (Å²) < 4.78 is 6.44. The van der Waals surface area contributed by atoms with Gasteiger partial charge in [0.2, 0.25) is 0 Å². The van der Waals surface area contributed by atoms with Gasteiger partial charge in [0.15, 0.2) is 5.82 Å². The minimum Gasteiger partial charge on any atom is -0.360 e. The van der Waals surface area contributed by atoms with Gasteiger partial charge in [-0.25, -0.2) is 0 Å². The van der Waals surface area contributed by atoms with Crippen molar-refractivity contribution >= 4 is 11.7 Å².